The maximum Gasteiger partial charge on any atom is 0.319 e. The lowest BCUT2D eigenvalue weighted by molar-refractivity contribution is -0.129. The average Bonchev–Trinajstić information content (AvgIpc) is 2.71. The van der Waals surface area contributed by atoms with Gasteiger partial charge in [0, 0.05) is 32.2 Å². The van der Waals surface area contributed by atoms with Crippen LogP contribution in [0.15, 0.2) is 36.4 Å². The molecular weight excluding hydrogens is 358 g/mol. The number of hydrogen-bond acceptors (Lipinski definition) is 4. The summed E-state index contributed by atoms with van der Waals surface area (Å²) in [7, 11) is 3.16. The van der Waals surface area contributed by atoms with Crippen LogP contribution in [0.2, 0.25) is 0 Å². The normalized spacial score (nSPS) is 12.8. The molecule has 0 fully saturated rings. The lowest BCUT2D eigenvalue weighted by atomic mass is 9.99. The fraction of sp³-hybridized carbons (Fsp3) is 0.333. The van der Waals surface area contributed by atoms with Crippen molar-refractivity contribution in [2.75, 3.05) is 26.1 Å². The van der Waals surface area contributed by atoms with Crippen molar-refractivity contribution in [1.29, 1.82) is 0 Å². The molecule has 1 aliphatic heterocycles. The predicted molar refractivity (Wildman–Crippen MR) is 107 cm³/mol. The Hall–Kier alpha value is -3.22. The van der Waals surface area contributed by atoms with Gasteiger partial charge in [0.2, 0.25) is 5.91 Å². The van der Waals surface area contributed by atoms with Crippen LogP contribution in [0.3, 0.4) is 0 Å². The summed E-state index contributed by atoms with van der Waals surface area (Å²) < 4.78 is 10.5. The number of carbonyl (C=O) groups is 2. The van der Waals surface area contributed by atoms with E-state index in [-0.39, 0.29) is 11.9 Å². The summed E-state index contributed by atoms with van der Waals surface area (Å²) in [6.45, 7) is 3.25. The number of urea groups is 1. The van der Waals surface area contributed by atoms with Crippen LogP contribution in [0.1, 0.15) is 23.6 Å². The maximum absolute atomic E-state index is 12.3. The standard InChI is InChI=1S/C21H25N3O4/c1-14(25)24-9-8-16-5-6-18(11-17(16)13-24)23-21(26)22-12-15-4-7-19(27-2)20(10-15)28-3/h4-7,10-11H,8-9,12-13H2,1-3H3,(H2,22,23,26). The molecule has 7 heteroatoms. The first-order chi connectivity index (χ1) is 13.5. The molecule has 3 amide bonds. The molecule has 28 heavy (non-hydrogen) atoms. The summed E-state index contributed by atoms with van der Waals surface area (Å²) in [5.74, 6) is 1.33. The molecule has 148 valence electrons. The molecule has 0 aliphatic carbocycles. The van der Waals surface area contributed by atoms with Gasteiger partial charge in [0.25, 0.3) is 0 Å². The Labute approximate surface area is 164 Å². The topological polar surface area (TPSA) is 79.9 Å². The number of nitrogens with one attached hydrogen (secondary N) is 2. The number of hydrogen-bond donors (Lipinski definition) is 2. The summed E-state index contributed by atoms with van der Waals surface area (Å²) in [4.78, 5) is 25.7. The van der Waals surface area contributed by atoms with E-state index in [4.69, 9.17) is 9.47 Å². The summed E-state index contributed by atoms with van der Waals surface area (Å²) in [6, 6.07) is 11.0. The summed E-state index contributed by atoms with van der Waals surface area (Å²) in [5.41, 5.74) is 3.89. The van der Waals surface area contributed by atoms with Crippen LogP contribution in [0, 0.1) is 0 Å². The minimum Gasteiger partial charge on any atom is -0.493 e. The molecule has 2 N–H and O–H groups in total. The molecule has 0 unspecified atom stereocenters. The van der Waals surface area contributed by atoms with E-state index < -0.39 is 0 Å². The number of fused-ring (bicyclic) bond motifs is 1. The van der Waals surface area contributed by atoms with Gasteiger partial charge in [-0.25, -0.2) is 4.79 Å². The van der Waals surface area contributed by atoms with Gasteiger partial charge in [-0.15, -0.1) is 0 Å². The summed E-state index contributed by atoms with van der Waals surface area (Å²) in [5, 5.41) is 5.68. The van der Waals surface area contributed by atoms with Crippen LogP contribution in [0.25, 0.3) is 0 Å². The minimum atomic E-state index is -0.297. The lowest BCUT2D eigenvalue weighted by Gasteiger charge is -2.28. The van der Waals surface area contributed by atoms with E-state index >= 15 is 0 Å². The average molecular weight is 383 g/mol. The van der Waals surface area contributed by atoms with E-state index in [9.17, 15) is 9.59 Å². The molecule has 1 heterocycles. The lowest BCUT2D eigenvalue weighted by Crippen LogP contribution is -2.34. The molecule has 3 rings (SSSR count). The van der Waals surface area contributed by atoms with Crippen molar-refractivity contribution in [2.45, 2.75) is 26.4 Å². The zero-order valence-electron chi connectivity index (χ0n) is 16.4. The Morgan fingerprint density at radius 1 is 1.04 bits per heavy atom. The first kappa shape index (κ1) is 19.5. The molecule has 0 saturated heterocycles. The van der Waals surface area contributed by atoms with Gasteiger partial charge in [0.1, 0.15) is 0 Å². The van der Waals surface area contributed by atoms with Gasteiger partial charge in [-0.2, -0.15) is 0 Å². The highest BCUT2D eigenvalue weighted by atomic mass is 16.5. The van der Waals surface area contributed by atoms with Crippen molar-refractivity contribution < 1.29 is 19.1 Å². The Bertz CT molecular complexity index is 882. The van der Waals surface area contributed by atoms with Gasteiger partial charge in [-0.1, -0.05) is 12.1 Å². The number of nitrogens with zero attached hydrogens (tertiary/aromatic N) is 1. The molecule has 7 nitrogen and oxygen atoms in total. The third-order valence-corrected chi connectivity index (χ3v) is 4.82. The van der Waals surface area contributed by atoms with Crippen molar-refractivity contribution in [1.82, 2.24) is 10.2 Å². The number of benzene rings is 2. The van der Waals surface area contributed by atoms with Crippen molar-refractivity contribution >= 4 is 17.6 Å². The van der Waals surface area contributed by atoms with Crippen molar-refractivity contribution in [3.63, 3.8) is 0 Å². The number of methoxy groups -OCH3 is 2. The number of amides is 3. The van der Waals surface area contributed by atoms with Gasteiger partial charge in [-0.05, 0) is 47.4 Å². The number of carbonyl (C=O) groups excluding carboxylic acids is 2. The first-order valence-electron chi connectivity index (χ1n) is 9.13. The highest BCUT2D eigenvalue weighted by Gasteiger charge is 2.18. The van der Waals surface area contributed by atoms with Gasteiger partial charge in [-0.3, -0.25) is 4.79 Å². The second kappa shape index (κ2) is 8.65. The van der Waals surface area contributed by atoms with Crippen LogP contribution in [0.4, 0.5) is 10.5 Å². The monoisotopic (exact) mass is 383 g/mol. The summed E-state index contributed by atoms with van der Waals surface area (Å²) in [6.07, 6.45) is 0.834. The highest BCUT2D eigenvalue weighted by Crippen LogP contribution is 2.27. The fourth-order valence-corrected chi connectivity index (χ4v) is 3.25. The van der Waals surface area contributed by atoms with Gasteiger partial charge in [0.15, 0.2) is 11.5 Å². The minimum absolute atomic E-state index is 0.0664. The van der Waals surface area contributed by atoms with Crippen LogP contribution in [-0.2, 0) is 24.3 Å². The largest absolute Gasteiger partial charge is 0.493 e. The Morgan fingerprint density at radius 3 is 2.54 bits per heavy atom. The maximum atomic E-state index is 12.3. The van der Waals surface area contributed by atoms with Gasteiger partial charge in [0.05, 0.1) is 14.2 Å². The molecule has 0 radical (unpaired) electrons. The van der Waals surface area contributed by atoms with E-state index in [2.05, 4.69) is 10.6 Å². The first-order valence-corrected chi connectivity index (χ1v) is 9.13. The number of ether oxygens (including phenoxy) is 2. The SMILES string of the molecule is COc1ccc(CNC(=O)Nc2ccc3c(c2)CN(C(C)=O)CC3)cc1OC. The smallest absolute Gasteiger partial charge is 0.319 e. The number of anilines is 1. The quantitative estimate of drug-likeness (QED) is 0.832. The van der Waals surface area contributed by atoms with E-state index in [1.807, 2.05) is 35.2 Å². The highest BCUT2D eigenvalue weighted by molar-refractivity contribution is 5.89. The van der Waals surface area contributed by atoms with E-state index in [0.29, 0.717) is 30.3 Å². The van der Waals surface area contributed by atoms with Crippen LogP contribution in [-0.4, -0.2) is 37.6 Å². The number of rotatable bonds is 5. The molecule has 0 aromatic heterocycles. The van der Waals surface area contributed by atoms with Crippen molar-refractivity contribution in [3.8, 4) is 11.5 Å². The zero-order chi connectivity index (χ0) is 20.1. The molecule has 0 saturated carbocycles. The second-order valence-corrected chi connectivity index (χ2v) is 6.67. The molecular formula is C21H25N3O4. The molecule has 2 aromatic rings. The summed E-state index contributed by atoms with van der Waals surface area (Å²) >= 11 is 0. The van der Waals surface area contributed by atoms with Gasteiger partial charge < -0.3 is 25.0 Å². The second-order valence-electron chi connectivity index (χ2n) is 6.67. The third kappa shape index (κ3) is 4.54. The molecule has 0 bridgehead atoms. The van der Waals surface area contributed by atoms with Crippen LogP contribution >= 0.6 is 0 Å². The predicted octanol–water partition coefficient (Wildman–Crippen LogP) is 2.93. The van der Waals surface area contributed by atoms with E-state index in [0.717, 1.165) is 24.1 Å². The third-order valence-electron chi connectivity index (χ3n) is 4.82. The molecule has 2 aromatic carbocycles. The van der Waals surface area contributed by atoms with E-state index in [1.165, 1.54) is 5.56 Å². The van der Waals surface area contributed by atoms with Gasteiger partial charge >= 0.3 is 6.03 Å². The Balaban J connectivity index is 1.60. The van der Waals surface area contributed by atoms with Crippen molar-refractivity contribution in [3.05, 3.63) is 53.1 Å². The molecule has 1 aliphatic rings. The molecule has 0 atom stereocenters. The van der Waals surface area contributed by atoms with Crippen LogP contribution in [0.5, 0.6) is 11.5 Å². The van der Waals surface area contributed by atoms with Crippen LogP contribution < -0.4 is 20.1 Å². The Kier molecular flexibility index (Phi) is 6.03. The van der Waals surface area contributed by atoms with E-state index in [1.54, 1.807) is 27.2 Å². The fourth-order valence-electron chi connectivity index (χ4n) is 3.25. The Morgan fingerprint density at radius 2 is 1.82 bits per heavy atom. The zero-order valence-corrected chi connectivity index (χ0v) is 16.4. The molecule has 0 spiro atoms. The van der Waals surface area contributed by atoms with Crippen molar-refractivity contribution in [2.24, 2.45) is 0 Å².